The molecule has 2 heterocycles. The molecule has 4 aromatic rings. The number of pyridine rings is 2. The van der Waals surface area contributed by atoms with E-state index in [-0.39, 0.29) is 34.1 Å². The Morgan fingerprint density at radius 1 is 0.521 bits per heavy atom. The number of anilines is 4. The second kappa shape index (κ2) is 30.2. The summed E-state index contributed by atoms with van der Waals surface area (Å²) in [5.74, 6) is -2.64. The number of rotatable bonds is 4. The van der Waals surface area contributed by atoms with Crippen LogP contribution in [0.25, 0.3) is 0 Å². The largest absolute Gasteiger partial charge is 2.00 e. The Hall–Kier alpha value is -4.16. The summed E-state index contributed by atoms with van der Waals surface area (Å²) in [5.41, 5.74) is 4.33. The second-order valence-corrected chi connectivity index (χ2v) is 9.54. The molecule has 0 fully saturated rings. The number of hydrogen-bond donors (Lipinski definition) is 2. The molecule has 0 atom stereocenters. The van der Waals surface area contributed by atoms with Crippen LogP contribution in [0.5, 0.6) is 0 Å². The number of aryl methyl sites for hydroxylation is 2. The predicted molar refractivity (Wildman–Crippen MR) is 170 cm³/mol. The van der Waals surface area contributed by atoms with Crippen molar-refractivity contribution in [2.45, 2.75) is 41.5 Å². The number of carbonyl (C=O) groups excluding carboxylic acids is 4. The van der Waals surface area contributed by atoms with E-state index in [1.54, 1.807) is 12.4 Å². The van der Waals surface area contributed by atoms with Crippen LogP contribution >= 0.6 is 23.2 Å². The molecule has 2 aromatic carbocycles. The standard InChI is InChI=1S/2C12H11ClN2.4C2H4O2.2Cu/c2*1-9-6-7-14-12(8-9)15-11-4-2-10(13)3-5-11;4*1-2(3)4;;/h2*2-8H,1H3,(H,14,15);4*1H3,(H,3,4);;/q;;;;;;2*+2/p-4. The zero-order valence-electron chi connectivity index (χ0n) is 26.6. The first-order valence-electron chi connectivity index (χ1n) is 13.0. The number of carboxylic acid groups (broad SMARTS) is 4. The molecule has 0 aliphatic carbocycles. The fraction of sp³-hybridized carbons (Fsp3) is 0.188. The first-order chi connectivity index (χ1) is 21.4. The van der Waals surface area contributed by atoms with Gasteiger partial charge in [-0.2, -0.15) is 0 Å². The minimum absolute atomic E-state index is 0. The summed E-state index contributed by atoms with van der Waals surface area (Å²) >= 11 is 11.6. The van der Waals surface area contributed by atoms with Crippen LogP contribution in [0.1, 0.15) is 38.8 Å². The molecule has 2 N–H and O–H groups in total. The van der Waals surface area contributed by atoms with Gasteiger partial charge in [-0.1, -0.05) is 23.2 Å². The molecule has 0 bridgehead atoms. The minimum atomic E-state index is -1.08. The van der Waals surface area contributed by atoms with Gasteiger partial charge in [0.1, 0.15) is 11.6 Å². The third-order valence-electron chi connectivity index (χ3n) is 4.06. The Morgan fingerprint density at radius 3 is 0.958 bits per heavy atom. The van der Waals surface area contributed by atoms with Crippen molar-refractivity contribution in [2.24, 2.45) is 0 Å². The van der Waals surface area contributed by atoms with Gasteiger partial charge in [0.05, 0.1) is 0 Å². The number of aliphatic carboxylic acids is 4. The van der Waals surface area contributed by atoms with E-state index in [9.17, 15) is 0 Å². The average Bonchev–Trinajstić information content (AvgIpc) is 2.91. The molecule has 0 aliphatic rings. The first-order valence-corrected chi connectivity index (χ1v) is 13.8. The second-order valence-electron chi connectivity index (χ2n) is 8.67. The Bertz CT molecular complexity index is 1350. The molecule has 0 spiro atoms. The molecule has 4 rings (SSSR count). The molecule has 2 radical (unpaired) electrons. The molecule has 0 saturated heterocycles. The van der Waals surface area contributed by atoms with E-state index in [0.717, 1.165) is 60.8 Å². The van der Waals surface area contributed by atoms with Crippen molar-refractivity contribution in [3.63, 3.8) is 0 Å². The number of benzene rings is 2. The van der Waals surface area contributed by atoms with Crippen LogP contribution in [0.4, 0.5) is 23.0 Å². The molecule has 266 valence electrons. The number of carbonyl (C=O) groups is 4. The maximum absolute atomic E-state index is 8.89. The maximum Gasteiger partial charge on any atom is 2.00 e. The van der Waals surface area contributed by atoms with E-state index < -0.39 is 23.9 Å². The Kier molecular flexibility index (Phi) is 31.9. The van der Waals surface area contributed by atoms with Crippen molar-refractivity contribution in [3.8, 4) is 0 Å². The van der Waals surface area contributed by atoms with Gasteiger partial charge in [0.15, 0.2) is 0 Å². The van der Waals surface area contributed by atoms with Gasteiger partial charge < -0.3 is 50.2 Å². The monoisotopic (exact) mass is 798 g/mol. The van der Waals surface area contributed by atoms with Crippen LogP contribution in [0.2, 0.25) is 10.0 Å². The van der Waals surface area contributed by atoms with Crippen molar-refractivity contribution in [1.82, 2.24) is 9.97 Å². The number of nitrogens with zero attached hydrogens (tertiary/aromatic N) is 2. The Labute approximate surface area is 310 Å². The van der Waals surface area contributed by atoms with E-state index in [1.807, 2.05) is 86.6 Å². The maximum atomic E-state index is 8.89. The third-order valence-corrected chi connectivity index (χ3v) is 4.57. The summed E-state index contributed by atoms with van der Waals surface area (Å²) in [5, 5.41) is 43.4. The van der Waals surface area contributed by atoms with Gasteiger partial charge in [0.25, 0.3) is 0 Å². The van der Waals surface area contributed by atoms with Gasteiger partial charge in [0, 0.05) is 57.7 Å². The van der Waals surface area contributed by atoms with Crippen molar-refractivity contribution in [3.05, 3.63) is 106 Å². The molecule has 48 heavy (non-hydrogen) atoms. The van der Waals surface area contributed by atoms with Gasteiger partial charge in [0.2, 0.25) is 0 Å². The van der Waals surface area contributed by atoms with E-state index in [4.69, 9.17) is 62.8 Å². The number of hydrogen-bond acceptors (Lipinski definition) is 12. The predicted octanol–water partition coefficient (Wildman–Crippen LogP) is 2.59. The normalized spacial score (nSPS) is 8.33. The van der Waals surface area contributed by atoms with Crippen LogP contribution in [0.15, 0.2) is 85.2 Å². The zero-order valence-corrected chi connectivity index (χ0v) is 30.0. The SMILES string of the molecule is CC(=O)[O-].CC(=O)[O-].CC(=O)[O-].CC(=O)[O-].Cc1ccnc(Nc2ccc(Cl)cc2)c1.Cc1ccnc(Nc2ccc(Cl)cc2)c1.[Cu+2].[Cu+2]. The van der Waals surface area contributed by atoms with Crippen LogP contribution in [-0.2, 0) is 53.3 Å². The first kappa shape index (κ1) is 50.7. The summed E-state index contributed by atoms with van der Waals surface area (Å²) in [4.78, 5) is 44.0. The summed E-state index contributed by atoms with van der Waals surface area (Å²) in [7, 11) is 0. The van der Waals surface area contributed by atoms with Crippen LogP contribution in [0.3, 0.4) is 0 Å². The molecule has 2 aromatic heterocycles. The van der Waals surface area contributed by atoms with Gasteiger partial charge in [-0.3, -0.25) is 0 Å². The Balaban J connectivity index is -0.000000273. The number of nitrogens with one attached hydrogen (secondary N) is 2. The third kappa shape index (κ3) is 36.3. The van der Waals surface area contributed by atoms with Gasteiger partial charge in [-0.25, -0.2) is 9.97 Å². The van der Waals surface area contributed by atoms with Crippen LogP contribution in [0, 0.1) is 13.8 Å². The van der Waals surface area contributed by atoms with E-state index in [1.165, 1.54) is 11.1 Å². The van der Waals surface area contributed by atoms with Gasteiger partial charge in [-0.05, 0) is 125 Å². The number of halogens is 2. The van der Waals surface area contributed by atoms with Gasteiger partial charge in [-0.15, -0.1) is 0 Å². The summed E-state index contributed by atoms with van der Waals surface area (Å²) in [6, 6.07) is 23.0. The van der Waals surface area contributed by atoms with Crippen molar-refractivity contribution >= 4 is 70.1 Å². The number of aromatic nitrogens is 2. The molecular weight excluding hydrogens is 766 g/mol. The quantitative estimate of drug-likeness (QED) is 0.286. The summed E-state index contributed by atoms with van der Waals surface area (Å²) < 4.78 is 0. The van der Waals surface area contributed by atoms with Crippen LogP contribution < -0.4 is 31.1 Å². The van der Waals surface area contributed by atoms with E-state index in [2.05, 4.69) is 20.6 Å². The number of carboxylic acids is 4. The molecule has 0 saturated carbocycles. The molecule has 12 nitrogen and oxygen atoms in total. The van der Waals surface area contributed by atoms with Crippen molar-refractivity contribution < 1.29 is 73.7 Å². The van der Waals surface area contributed by atoms with Crippen molar-refractivity contribution in [2.75, 3.05) is 10.6 Å². The molecular formula is C32H34Cl2Cu2N4O8. The molecule has 0 unspecified atom stereocenters. The van der Waals surface area contributed by atoms with E-state index >= 15 is 0 Å². The summed E-state index contributed by atoms with van der Waals surface area (Å²) in [6.07, 6.45) is 3.57. The molecule has 0 amide bonds. The fourth-order valence-corrected chi connectivity index (χ4v) is 2.82. The summed E-state index contributed by atoms with van der Waals surface area (Å²) in [6.45, 7) is 7.96. The topological polar surface area (TPSA) is 210 Å². The fourth-order valence-electron chi connectivity index (χ4n) is 2.57. The van der Waals surface area contributed by atoms with Crippen LogP contribution in [-0.4, -0.2) is 33.8 Å². The molecule has 0 aliphatic heterocycles. The minimum Gasteiger partial charge on any atom is -0.550 e. The Morgan fingerprint density at radius 2 is 0.750 bits per heavy atom. The molecule has 16 heteroatoms. The van der Waals surface area contributed by atoms with Gasteiger partial charge >= 0.3 is 34.1 Å². The zero-order chi connectivity index (χ0) is 35.7. The smallest absolute Gasteiger partial charge is 0.550 e. The van der Waals surface area contributed by atoms with E-state index in [0.29, 0.717) is 0 Å². The average molecular weight is 801 g/mol. The van der Waals surface area contributed by atoms with Crippen molar-refractivity contribution in [1.29, 1.82) is 0 Å².